The maximum atomic E-state index is 12.2. The molecule has 3 aliphatic carbocycles. The molecule has 0 saturated heterocycles. The molecule has 16 heavy (non-hydrogen) atoms. The fourth-order valence-electron chi connectivity index (χ4n) is 2.84. The lowest BCUT2D eigenvalue weighted by Crippen LogP contribution is -2.27. The number of fused-ring (bicyclic) bond motifs is 1. The number of ketones is 2. The van der Waals surface area contributed by atoms with E-state index in [9.17, 15) is 9.59 Å². The molecule has 0 N–H and O–H groups in total. The zero-order valence-electron chi connectivity index (χ0n) is 9.21. The van der Waals surface area contributed by atoms with Crippen molar-refractivity contribution in [2.75, 3.05) is 0 Å². The van der Waals surface area contributed by atoms with Gasteiger partial charge in [0.25, 0.3) is 0 Å². The molecule has 0 saturated carbocycles. The minimum atomic E-state index is 0.125. The number of Topliss-reactive ketones (excluding diaryl/α,β-unsaturated/α-hetero) is 2. The molecular formula is C14H14O2. The summed E-state index contributed by atoms with van der Waals surface area (Å²) in [4.78, 5) is 24.4. The van der Waals surface area contributed by atoms with Gasteiger partial charge in [0.05, 0.1) is 0 Å². The van der Waals surface area contributed by atoms with E-state index in [1.165, 1.54) is 0 Å². The van der Waals surface area contributed by atoms with Crippen molar-refractivity contribution in [3.8, 4) is 0 Å². The van der Waals surface area contributed by atoms with Gasteiger partial charge in [0, 0.05) is 22.3 Å². The normalized spacial score (nSPS) is 24.8. The maximum Gasteiger partial charge on any atom is 0.189 e. The summed E-state index contributed by atoms with van der Waals surface area (Å²) in [5.41, 5.74) is 2.97. The van der Waals surface area contributed by atoms with Crippen molar-refractivity contribution >= 4 is 11.6 Å². The Bertz CT molecular complexity index is 431. The fourth-order valence-corrected chi connectivity index (χ4v) is 2.84. The average Bonchev–Trinajstić information content (AvgIpc) is 2.36. The second-order valence-corrected chi connectivity index (χ2v) is 4.64. The molecule has 0 aromatic carbocycles. The Hall–Kier alpha value is -1.44. The van der Waals surface area contributed by atoms with Crippen molar-refractivity contribution in [2.24, 2.45) is 0 Å². The molecule has 2 nitrogen and oxygen atoms in total. The molecule has 0 amide bonds. The number of hydrogen-bond acceptors (Lipinski definition) is 2. The molecule has 0 spiro atoms. The molecule has 0 fully saturated rings. The van der Waals surface area contributed by atoms with Crippen LogP contribution in [0.4, 0.5) is 0 Å². The van der Waals surface area contributed by atoms with Gasteiger partial charge in [0.15, 0.2) is 11.6 Å². The molecule has 3 rings (SSSR count). The molecule has 0 bridgehead atoms. The minimum absolute atomic E-state index is 0.125. The summed E-state index contributed by atoms with van der Waals surface area (Å²) in [7, 11) is 0. The quantitative estimate of drug-likeness (QED) is 0.621. The van der Waals surface area contributed by atoms with Crippen molar-refractivity contribution in [1.82, 2.24) is 0 Å². The van der Waals surface area contributed by atoms with Crippen molar-refractivity contribution in [3.05, 3.63) is 34.4 Å². The summed E-state index contributed by atoms with van der Waals surface area (Å²) in [6, 6.07) is 0. The van der Waals surface area contributed by atoms with Crippen LogP contribution in [-0.2, 0) is 9.59 Å². The van der Waals surface area contributed by atoms with Gasteiger partial charge >= 0.3 is 0 Å². The highest BCUT2D eigenvalue weighted by molar-refractivity contribution is 6.29. The number of carbonyl (C=O) groups excluding carboxylic acids is 2. The van der Waals surface area contributed by atoms with Crippen LogP contribution in [0.1, 0.15) is 38.5 Å². The first-order valence-electron chi connectivity index (χ1n) is 6.01. The van der Waals surface area contributed by atoms with Crippen LogP contribution in [0.3, 0.4) is 0 Å². The Morgan fingerprint density at radius 2 is 1.19 bits per heavy atom. The van der Waals surface area contributed by atoms with E-state index in [-0.39, 0.29) is 11.6 Å². The van der Waals surface area contributed by atoms with Gasteiger partial charge < -0.3 is 0 Å². The van der Waals surface area contributed by atoms with E-state index in [2.05, 4.69) is 0 Å². The van der Waals surface area contributed by atoms with E-state index < -0.39 is 0 Å². The molecule has 0 radical (unpaired) electrons. The smallest absolute Gasteiger partial charge is 0.189 e. The lowest BCUT2D eigenvalue weighted by molar-refractivity contribution is -0.117. The van der Waals surface area contributed by atoms with Crippen molar-refractivity contribution in [1.29, 1.82) is 0 Å². The SMILES string of the molecule is O=C1C2=CCCC=C2C(=O)C2=C1CCCC2. The number of hydrogen-bond donors (Lipinski definition) is 0. The highest BCUT2D eigenvalue weighted by atomic mass is 16.1. The molecule has 0 aliphatic heterocycles. The first-order valence-corrected chi connectivity index (χ1v) is 6.01. The third kappa shape index (κ3) is 1.26. The average molecular weight is 214 g/mol. The second-order valence-electron chi connectivity index (χ2n) is 4.64. The second kappa shape index (κ2) is 3.55. The lowest BCUT2D eigenvalue weighted by atomic mass is 9.74. The maximum absolute atomic E-state index is 12.2. The van der Waals surface area contributed by atoms with E-state index in [1.54, 1.807) is 0 Å². The van der Waals surface area contributed by atoms with Gasteiger partial charge in [-0.25, -0.2) is 0 Å². The van der Waals surface area contributed by atoms with E-state index in [0.717, 1.165) is 49.7 Å². The van der Waals surface area contributed by atoms with E-state index in [0.29, 0.717) is 11.1 Å². The third-order valence-corrected chi connectivity index (χ3v) is 3.66. The zero-order valence-corrected chi connectivity index (χ0v) is 9.21. The van der Waals surface area contributed by atoms with Crippen LogP contribution in [0, 0.1) is 0 Å². The highest BCUT2D eigenvalue weighted by Crippen LogP contribution is 2.38. The van der Waals surface area contributed by atoms with E-state index in [1.807, 2.05) is 12.2 Å². The number of rotatable bonds is 0. The van der Waals surface area contributed by atoms with Crippen LogP contribution < -0.4 is 0 Å². The predicted octanol–water partition coefficient (Wildman–Crippen LogP) is 2.66. The van der Waals surface area contributed by atoms with Gasteiger partial charge in [0.2, 0.25) is 0 Å². The fraction of sp³-hybridized carbons (Fsp3) is 0.429. The molecular weight excluding hydrogens is 200 g/mol. The highest BCUT2D eigenvalue weighted by Gasteiger charge is 2.35. The molecule has 2 heteroatoms. The van der Waals surface area contributed by atoms with Crippen molar-refractivity contribution < 1.29 is 9.59 Å². The van der Waals surface area contributed by atoms with Gasteiger partial charge in [-0.3, -0.25) is 9.59 Å². The van der Waals surface area contributed by atoms with E-state index in [4.69, 9.17) is 0 Å². The van der Waals surface area contributed by atoms with Crippen LogP contribution in [0.5, 0.6) is 0 Å². The van der Waals surface area contributed by atoms with Crippen LogP contribution in [0.25, 0.3) is 0 Å². The van der Waals surface area contributed by atoms with Crippen molar-refractivity contribution in [3.63, 3.8) is 0 Å². The predicted molar refractivity (Wildman–Crippen MR) is 60.9 cm³/mol. The molecule has 0 aromatic heterocycles. The number of allylic oxidation sites excluding steroid dienone is 6. The summed E-state index contributed by atoms with van der Waals surface area (Å²) in [6.45, 7) is 0. The van der Waals surface area contributed by atoms with Gasteiger partial charge in [-0.15, -0.1) is 0 Å². The topological polar surface area (TPSA) is 34.1 Å². The standard InChI is InChI=1S/C14H14O2/c15-13-9-5-1-2-6-10(9)14(16)12-8-4-3-7-11(12)13/h5-6H,1-4,7-8H2. The van der Waals surface area contributed by atoms with Crippen molar-refractivity contribution in [2.45, 2.75) is 38.5 Å². The van der Waals surface area contributed by atoms with Crippen LogP contribution >= 0.6 is 0 Å². The molecule has 0 aromatic rings. The zero-order chi connectivity index (χ0) is 11.1. The monoisotopic (exact) mass is 214 g/mol. The van der Waals surface area contributed by atoms with Gasteiger partial charge in [-0.2, -0.15) is 0 Å². The Labute approximate surface area is 94.7 Å². The van der Waals surface area contributed by atoms with Gasteiger partial charge in [-0.05, 0) is 38.5 Å². The summed E-state index contributed by atoms with van der Waals surface area (Å²) in [5.74, 6) is 0.250. The number of carbonyl (C=O) groups is 2. The van der Waals surface area contributed by atoms with Gasteiger partial charge in [0.1, 0.15) is 0 Å². The Kier molecular flexibility index (Phi) is 2.16. The van der Waals surface area contributed by atoms with E-state index >= 15 is 0 Å². The molecule has 0 unspecified atom stereocenters. The Morgan fingerprint density at radius 3 is 1.62 bits per heavy atom. The molecule has 0 heterocycles. The summed E-state index contributed by atoms with van der Waals surface area (Å²) < 4.78 is 0. The minimum Gasteiger partial charge on any atom is -0.289 e. The molecule has 0 atom stereocenters. The largest absolute Gasteiger partial charge is 0.289 e. The Morgan fingerprint density at radius 1 is 0.750 bits per heavy atom. The third-order valence-electron chi connectivity index (χ3n) is 3.66. The molecule has 82 valence electrons. The molecule has 3 aliphatic rings. The van der Waals surface area contributed by atoms with Gasteiger partial charge in [-0.1, -0.05) is 12.2 Å². The lowest BCUT2D eigenvalue weighted by Gasteiger charge is -2.27. The summed E-state index contributed by atoms with van der Waals surface area (Å²) in [6.07, 6.45) is 9.34. The van der Waals surface area contributed by atoms with Crippen LogP contribution in [0.15, 0.2) is 34.4 Å². The summed E-state index contributed by atoms with van der Waals surface area (Å²) in [5, 5.41) is 0. The van der Waals surface area contributed by atoms with Crippen LogP contribution in [0.2, 0.25) is 0 Å². The first-order chi connectivity index (χ1) is 7.79. The summed E-state index contributed by atoms with van der Waals surface area (Å²) >= 11 is 0. The Balaban J connectivity index is 2.17. The first kappa shape index (κ1) is 9.76. The van der Waals surface area contributed by atoms with Crippen LogP contribution in [-0.4, -0.2) is 11.6 Å².